The molecule has 7 heteroatoms. The largest absolute Gasteiger partial charge is 0.481 e. The summed E-state index contributed by atoms with van der Waals surface area (Å²) in [5.74, 6) is -0.103. The van der Waals surface area contributed by atoms with Crippen molar-refractivity contribution in [2.75, 3.05) is 13.1 Å². The molecule has 1 fully saturated rings. The molecule has 0 spiro atoms. The molecule has 3 unspecified atom stereocenters. The maximum Gasteiger partial charge on any atom is 0.303 e. The lowest BCUT2D eigenvalue weighted by molar-refractivity contribution is -0.137. The van der Waals surface area contributed by atoms with Crippen LogP contribution in [0.3, 0.4) is 0 Å². The molecule has 1 aliphatic heterocycles. The second kappa shape index (κ2) is 7.38. The van der Waals surface area contributed by atoms with Crippen LogP contribution in [-0.2, 0) is 15.0 Å². The van der Waals surface area contributed by atoms with Crippen molar-refractivity contribution in [3.8, 4) is 0 Å². The first-order chi connectivity index (χ1) is 9.20. The summed E-state index contributed by atoms with van der Waals surface area (Å²) >= 11 is 0. The summed E-state index contributed by atoms with van der Waals surface area (Å²) in [6, 6.07) is -0.244. The lowest BCUT2D eigenvalue weighted by Crippen LogP contribution is -2.49. The molecule has 3 atom stereocenters. The molecule has 0 bridgehead atoms. The first-order valence-corrected chi connectivity index (χ1v) is 8.64. The van der Waals surface area contributed by atoms with E-state index in [0.29, 0.717) is 37.8 Å². The first-order valence-electron chi connectivity index (χ1n) is 7.20. The van der Waals surface area contributed by atoms with E-state index in [0.717, 1.165) is 6.42 Å². The second-order valence-electron chi connectivity index (χ2n) is 6.07. The number of carbonyl (C=O) groups is 1. The molecule has 0 aliphatic carbocycles. The highest BCUT2D eigenvalue weighted by Gasteiger charge is 2.31. The maximum atomic E-state index is 12.3. The average molecular weight is 306 g/mol. The summed E-state index contributed by atoms with van der Waals surface area (Å²) in [5, 5.41) is 8.57. The zero-order chi connectivity index (χ0) is 15.3. The summed E-state index contributed by atoms with van der Waals surface area (Å²) in [6.45, 7) is 7.02. The Bertz CT molecular complexity index is 414. The van der Waals surface area contributed by atoms with Crippen LogP contribution in [0.1, 0.15) is 46.5 Å². The van der Waals surface area contributed by atoms with E-state index in [1.54, 1.807) is 6.92 Å². The van der Waals surface area contributed by atoms with E-state index < -0.39 is 16.2 Å². The topological polar surface area (TPSA) is 86.7 Å². The summed E-state index contributed by atoms with van der Waals surface area (Å²) < 4.78 is 28.7. The molecule has 2 N–H and O–H groups in total. The molecule has 0 saturated carbocycles. The maximum absolute atomic E-state index is 12.3. The zero-order valence-electron chi connectivity index (χ0n) is 12.5. The number of nitrogens with one attached hydrogen (secondary N) is 1. The fourth-order valence-electron chi connectivity index (χ4n) is 2.75. The molecule has 20 heavy (non-hydrogen) atoms. The molecule has 0 aromatic heterocycles. The van der Waals surface area contributed by atoms with Gasteiger partial charge in [-0.25, -0.2) is 0 Å². The highest BCUT2D eigenvalue weighted by atomic mass is 32.2. The summed E-state index contributed by atoms with van der Waals surface area (Å²) in [6.07, 6.45) is 2.14. The van der Waals surface area contributed by atoms with E-state index in [4.69, 9.17) is 5.11 Å². The molecule has 0 amide bonds. The van der Waals surface area contributed by atoms with Crippen molar-refractivity contribution in [2.45, 2.75) is 52.5 Å². The Kier molecular flexibility index (Phi) is 6.42. The molecule has 1 saturated heterocycles. The molecule has 0 aromatic rings. The summed E-state index contributed by atoms with van der Waals surface area (Å²) in [5.41, 5.74) is 0. The number of piperidine rings is 1. The summed E-state index contributed by atoms with van der Waals surface area (Å²) in [4.78, 5) is 10.4. The van der Waals surface area contributed by atoms with Crippen LogP contribution in [0, 0.1) is 11.8 Å². The van der Waals surface area contributed by atoms with Crippen molar-refractivity contribution >= 4 is 16.2 Å². The minimum absolute atomic E-state index is 0.0733. The molecule has 1 aliphatic rings. The fraction of sp³-hybridized carbons (Fsp3) is 0.923. The van der Waals surface area contributed by atoms with E-state index in [-0.39, 0.29) is 12.5 Å². The molecule has 6 nitrogen and oxygen atoms in total. The highest BCUT2D eigenvalue weighted by molar-refractivity contribution is 7.87. The Balaban J connectivity index is 2.49. The molecular weight excluding hydrogens is 280 g/mol. The SMILES string of the molecule is CC1CC(C)CN(S(=O)(=O)NC(C)CCCC(=O)O)C1. The van der Waals surface area contributed by atoms with Gasteiger partial charge in [-0.05, 0) is 38.0 Å². The smallest absolute Gasteiger partial charge is 0.303 e. The predicted molar refractivity (Wildman–Crippen MR) is 77.5 cm³/mol. The van der Waals surface area contributed by atoms with E-state index in [2.05, 4.69) is 18.6 Å². The Morgan fingerprint density at radius 3 is 2.40 bits per heavy atom. The van der Waals surface area contributed by atoms with Gasteiger partial charge in [0.2, 0.25) is 0 Å². The highest BCUT2D eigenvalue weighted by Crippen LogP contribution is 2.22. The quantitative estimate of drug-likeness (QED) is 0.745. The van der Waals surface area contributed by atoms with Gasteiger partial charge in [-0.2, -0.15) is 17.4 Å². The molecule has 118 valence electrons. The standard InChI is InChI=1S/C13H26N2O4S/c1-10-7-11(2)9-15(8-10)20(18,19)14-12(3)5-4-6-13(16)17/h10-12,14H,4-9H2,1-3H3,(H,16,17). The van der Waals surface area contributed by atoms with Crippen molar-refractivity contribution < 1.29 is 18.3 Å². The van der Waals surface area contributed by atoms with Crippen LogP contribution < -0.4 is 4.72 Å². The fourth-order valence-corrected chi connectivity index (χ4v) is 4.43. The van der Waals surface area contributed by atoms with Gasteiger partial charge < -0.3 is 5.11 Å². The average Bonchev–Trinajstić information content (AvgIpc) is 2.26. The third-order valence-electron chi connectivity index (χ3n) is 3.55. The Hall–Kier alpha value is -0.660. The van der Waals surface area contributed by atoms with Gasteiger partial charge in [-0.1, -0.05) is 13.8 Å². The number of hydrogen-bond acceptors (Lipinski definition) is 3. The minimum Gasteiger partial charge on any atom is -0.481 e. The number of carboxylic acids is 1. The first kappa shape index (κ1) is 17.4. The van der Waals surface area contributed by atoms with Crippen LogP contribution >= 0.6 is 0 Å². The van der Waals surface area contributed by atoms with Gasteiger partial charge in [0.15, 0.2) is 0 Å². The lowest BCUT2D eigenvalue weighted by atomic mass is 9.94. The van der Waals surface area contributed by atoms with Gasteiger partial charge in [0.25, 0.3) is 10.2 Å². The Labute approximate surface area is 121 Å². The Morgan fingerprint density at radius 2 is 1.90 bits per heavy atom. The van der Waals surface area contributed by atoms with Crippen molar-refractivity contribution in [2.24, 2.45) is 11.8 Å². The van der Waals surface area contributed by atoms with Crippen LogP contribution in [0.15, 0.2) is 0 Å². The number of carboxylic acid groups (broad SMARTS) is 1. The van der Waals surface area contributed by atoms with E-state index >= 15 is 0 Å². The molecule has 0 aromatic carbocycles. The van der Waals surface area contributed by atoms with Crippen LogP contribution in [0.2, 0.25) is 0 Å². The zero-order valence-corrected chi connectivity index (χ0v) is 13.3. The van der Waals surface area contributed by atoms with Crippen LogP contribution in [0.25, 0.3) is 0 Å². The van der Waals surface area contributed by atoms with Gasteiger partial charge in [0.1, 0.15) is 0 Å². The van der Waals surface area contributed by atoms with Crippen molar-refractivity contribution in [3.05, 3.63) is 0 Å². The van der Waals surface area contributed by atoms with Gasteiger partial charge >= 0.3 is 5.97 Å². The van der Waals surface area contributed by atoms with Crippen LogP contribution in [0.5, 0.6) is 0 Å². The Morgan fingerprint density at radius 1 is 1.35 bits per heavy atom. The van der Waals surface area contributed by atoms with Gasteiger partial charge in [0.05, 0.1) is 0 Å². The number of rotatable bonds is 7. The second-order valence-corrected chi connectivity index (χ2v) is 7.78. The monoisotopic (exact) mass is 306 g/mol. The van der Waals surface area contributed by atoms with Crippen molar-refractivity contribution in [3.63, 3.8) is 0 Å². The molecular formula is C13H26N2O4S. The number of aliphatic carboxylic acids is 1. The van der Waals surface area contributed by atoms with Gasteiger partial charge in [-0.15, -0.1) is 0 Å². The third kappa shape index (κ3) is 5.76. The van der Waals surface area contributed by atoms with Crippen LogP contribution in [-0.4, -0.2) is 42.9 Å². The van der Waals surface area contributed by atoms with E-state index in [1.807, 2.05) is 0 Å². The third-order valence-corrected chi connectivity index (χ3v) is 5.23. The lowest BCUT2D eigenvalue weighted by Gasteiger charge is -2.34. The molecule has 1 heterocycles. The predicted octanol–water partition coefficient (Wildman–Crippen LogP) is 1.44. The number of nitrogens with zero attached hydrogens (tertiary/aromatic N) is 1. The van der Waals surface area contributed by atoms with Gasteiger partial charge in [-0.3, -0.25) is 4.79 Å². The minimum atomic E-state index is -3.46. The van der Waals surface area contributed by atoms with Crippen molar-refractivity contribution in [1.82, 2.24) is 9.03 Å². The van der Waals surface area contributed by atoms with Crippen LogP contribution in [0.4, 0.5) is 0 Å². The summed E-state index contributed by atoms with van der Waals surface area (Å²) in [7, 11) is -3.46. The molecule has 0 radical (unpaired) electrons. The normalized spacial score (nSPS) is 26.4. The number of hydrogen-bond donors (Lipinski definition) is 2. The van der Waals surface area contributed by atoms with E-state index in [9.17, 15) is 13.2 Å². The molecule has 1 rings (SSSR count). The van der Waals surface area contributed by atoms with Crippen molar-refractivity contribution in [1.29, 1.82) is 0 Å². The van der Waals surface area contributed by atoms with Gasteiger partial charge in [0, 0.05) is 25.6 Å². The van der Waals surface area contributed by atoms with E-state index in [1.165, 1.54) is 4.31 Å².